The first-order chi connectivity index (χ1) is 9.88. The van der Waals surface area contributed by atoms with Crippen LogP contribution in [0.3, 0.4) is 0 Å². The number of nitrogens with two attached hydrogens (primary N) is 1. The van der Waals surface area contributed by atoms with Crippen molar-refractivity contribution in [2.24, 2.45) is 5.73 Å². The van der Waals surface area contributed by atoms with Gasteiger partial charge in [0.05, 0.1) is 6.10 Å². The van der Waals surface area contributed by atoms with Crippen molar-refractivity contribution < 1.29 is 14.7 Å². The van der Waals surface area contributed by atoms with Crippen LogP contribution in [-0.2, 0) is 4.79 Å². The molecule has 0 spiro atoms. The molecule has 2 atom stereocenters. The zero-order chi connectivity index (χ0) is 15.6. The molecule has 1 aliphatic rings. The number of amides is 1. The van der Waals surface area contributed by atoms with E-state index < -0.39 is 18.1 Å². The van der Waals surface area contributed by atoms with Crippen LogP contribution in [0.4, 0.5) is 5.69 Å². The minimum Gasteiger partial charge on any atom is -0.391 e. The van der Waals surface area contributed by atoms with Crippen molar-refractivity contribution in [3.8, 4) is 0 Å². The zero-order valence-corrected chi connectivity index (χ0v) is 12.4. The summed E-state index contributed by atoms with van der Waals surface area (Å²) in [5.74, 6) is -0.525. The van der Waals surface area contributed by atoms with Gasteiger partial charge in [0, 0.05) is 24.2 Å². The van der Waals surface area contributed by atoms with Crippen LogP contribution >= 0.6 is 12.2 Å². The van der Waals surface area contributed by atoms with Gasteiger partial charge < -0.3 is 21.1 Å². The van der Waals surface area contributed by atoms with Crippen molar-refractivity contribution in [2.75, 3.05) is 11.9 Å². The number of hydrogen-bond acceptors (Lipinski definition) is 4. The minimum atomic E-state index is -0.623. The standard InChI is InChI=1S/C14H17N3O3S/c1-8(18)9-2-4-10(5-3-9)16-14(21)17-7-11(19)6-12(17)13(15)20/h2-5,11-12,19H,6-7H2,1H3,(H2,15,20)(H,16,21)/t11-,12-/m0/s1. The maximum atomic E-state index is 11.4. The van der Waals surface area contributed by atoms with E-state index in [1.54, 1.807) is 29.2 Å². The summed E-state index contributed by atoms with van der Waals surface area (Å²) in [7, 11) is 0. The molecule has 1 aromatic carbocycles. The SMILES string of the molecule is CC(=O)c1ccc(NC(=S)N2C[C@@H](O)C[C@H]2C(N)=O)cc1. The number of nitrogens with zero attached hydrogens (tertiary/aromatic N) is 1. The molecule has 2 rings (SSSR count). The van der Waals surface area contributed by atoms with Crippen molar-refractivity contribution in [3.63, 3.8) is 0 Å². The van der Waals surface area contributed by atoms with Crippen molar-refractivity contribution >= 4 is 34.7 Å². The second kappa shape index (κ2) is 6.19. The Balaban J connectivity index is 2.06. The molecule has 0 saturated carbocycles. The highest BCUT2D eigenvalue weighted by Gasteiger charge is 2.36. The molecule has 0 bridgehead atoms. The number of aliphatic hydroxyl groups is 1. The largest absolute Gasteiger partial charge is 0.391 e. The zero-order valence-electron chi connectivity index (χ0n) is 11.6. The molecule has 21 heavy (non-hydrogen) atoms. The van der Waals surface area contributed by atoms with E-state index in [1.165, 1.54) is 6.92 Å². The Morgan fingerprint density at radius 1 is 1.38 bits per heavy atom. The number of Topliss-reactive ketones (excluding diaryl/α,β-unsaturated/α-hetero) is 1. The number of carbonyl (C=O) groups is 2. The van der Waals surface area contributed by atoms with Crippen LogP contribution in [0.1, 0.15) is 23.7 Å². The Morgan fingerprint density at radius 2 is 2.00 bits per heavy atom. The molecule has 1 aromatic rings. The van der Waals surface area contributed by atoms with Gasteiger partial charge in [-0.2, -0.15) is 0 Å². The predicted octanol–water partition coefficient (Wildman–Crippen LogP) is 0.506. The average Bonchev–Trinajstić information content (AvgIpc) is 2.82. The molecule has 7 heteroatoms. The Kier molecular flexibility index (Phi) is 4.54. The fourth-order valence-corrected chi connectivity index (χ4v) is 2.61. The third kappa shape index (κ3) is 3.56. The lowest BCUT2D eigenvalue weighted by Gasteiger charge is -2.25. The van der Waals surface area contributed by atoms with Gasteiger partial charge in [0.1, 0.15) is 6.04 Å². The van der Waals surface area contributed by atoms with E-state index in [2.05, 4.69) is 5.32 Å². The summed E-state index contributed by atoms with van der Waals surface area (Å²) in [6.07, 6.45) is -0.345. The van der Waals surface area contributed by atoms with Crippen LogP contribution in [0.15, 0.2) is 24.3 Å². The Bertz CT molecular complexity index is 573. The van der Waals surface area contributed by atoms with Crippen LogP contribution in [0.5, 0.6) is 0 Å². The van der Waals surface area contributed by atoms with E-state index in [-0.39, 0.29) is 18.7 Å². The summed E-state index contributed by atoms with van der Waals surface area (Å²) in [5, 5.41) is 13.0. The molecule has 4 N–H and O–H groups in total. The molecule has 1 aliphatic heterocycles. The molecule has 0 aliphatic carbocycles. The fourth-order valence-electron chi connectivity index (χ4n) is 2.29. The third-order valence-corrected chi connectivity index (χ3v) is 3.75. The number of likely N-dealkylation sites (tertiary alicyclic amines) is 1. The molecular formula is C14H17N3O3S. The van der Waals surface area contributed by atoms with E-state index >= 15 is 0 Å². The third-order valence-electron chi connectivity index (χ3n) is 3.41. The van der Waals surface area contributed by atoms with E-state index in [0.29, 0.717) is 16.4 Å². The van der Waals surface area contributed by atoms with Crippen molar-refractivity contribution in [2.45, 2.75) is 25.5 Å². The second-order valence-corrected chi connectivity index (χ2v) is 5.41. The normalized spacial score (nSPS) is 21.1. The summed E-state index contributed by atoms with van der Waals surface area (Å²) in [5.41, 5.74) is 6.63. The number of rotatable bonds is 3. The Morgan fingerprint density at radius 3 is 2.52 bits per heavy atom. The van der Waals surface area contributed by atoms with Gasteiger partial charge in [-0.15, -0.1) is 0 Å². The molecule has 0 aromatic heterocycles. The minimum absolute atomic E-state index is 0.0133. The number of carbonyl (C=O) groups excluding carboxylic acids is 2. The summed E-state index contributed by atoms with van der Waals surface area (Å²) in [6.45, 7) is 1.76. The van der Waals surface area contributed by atoms with E-state index in [0.717, 1.165) is 0 Å². The molecule has 6 nitrogen and oxygen atoms in total. The molecule has 1 saturated heterocycles. The lowest BCUT2D eigenvalue weighted by molar-refractivity contribution is -0.121. The van der Waals surface area contributed by atoms with Crippen molar-refractivity contribution in [1.82, 2.24) is 4.90 Å². The van der Waals surface area contributed by atoms with E-state index in [1.807, 2.05) is 0 Å². The molecule has 112 valence electrons. The Hall–Kier alpha value is -1.99. The quantitative estimate of drug-likeness (QED) is 0.556. The lowest BCUT2D eigenvalue weighted by Crippen LogP contribution is -2.45. The molecule has 0 radical (unpaired) electrons. The first-order valence-corrected chi connectivity index (χ1v) is 6.95. The maximum Gasteiger partial charge on any atom is 0.240 e. The maximum absolute atomic E-state index is 11.4. The van der Waals surface area contributed by atoms with Crippen molar-refractivity contribution in [3.05, 3.63) is 29.8 Å². The highest BCUT2D eigenvalue weighted by Crippen LogP contribution is 2.20. The number of thiocarbonyl (C=S) groups is 1. The van der Waals surface area contributed by atoms with Gasteiger partial charge in [0.15, 0.2) is 10.9 Å². The number of primary amides is 1. The van der Waals surface area contributed by atoms with Gasteiger partial charge in [0.25, 0.3) is 0 Å². The molecule has 1 heterocycles. The van der Waals surface area contributed by atoms with Crippen LogP contribution in [0.2, 0.25) is 0 Å². The van der Waals surface area contributed by atoms with Crippen LogP contribution in [-0.4, -0.2) is 45.5 Å². The van der Waals surface area contributed by atoms with Gasteiger partial charge >= 0.3 is 0 Å². The van der Waals surface area contributed by atoms with E-state index in [4.69, 9.17) is 18.0 Å². The number of ketones is 1. The number of β-amino-alcohol motifs (C(OH)–C–C–N with tert-alkyl or cyclic N) is 1. The Labute approximate surface area is 127 Å². The van der Waals surface area contributed by atoms with E-state index in [9.17, 15) is 14.7 Å². The van der Waals surface area contributed by atoms with Crippen molar-refractivity contribution in [1.29, 1.82) is 0 Å². The predicted molar refractivity (Wildman–Crippen MR) is 83.0 cm³/mol. The van der Waals surface area contributed by atoms with Crippen LogP contribution < -0.4 is 11.1 Å². The van der Waals surface area contributed by atoms with Crippen LogP contribution in [0, 0.1) is 0 Å². The first kappa shape index (κ1) is 15.4. The smallest absolute Gasteiger partial charge is 0.240 e. The summed E-state index contributed by atoms with van der Waals surface area (Å²) < 4.78 is 0. The van der Waals surface area contributed by atoms with Gasteiger partial charge in [0.2, 0.25) is 5.91 Å². The monoisotopic (exact) mass is 307 g/mol. The van der Waals surface area contributed by atoms with Gasteiger partial charge in [-0.3, -0.25) is 9.59 Å². The summed E-state index contributed by atoms with van der Waals surface area (Å²) >= 11 is 5.26. The fraction of sp³-hybridized carbons (Fsp3) is 0.357. The first-order valence-electron chi connectivity index (χ1n) is 6.54. The summed E-state index contributed by atoms with van der Waals surface area (Å²) in [4.78, 5) is 24.2. The topological polar surface area (TPSA) is 95.7 Å². The number of hydrogen-bond donors (Lipinski definition) is 3. The van der Waals surface area contributed by atoms with Crippen LogP contribution in [0.25, 0.3) is 0 Å². The number of nitrogens with one attached hydrogen (secondary N) is 1. The number of aliphatic hydroxyl groups excluding tert-OH is 1. The number of anilines is 1. The number of benzene rings is 1. The lowest BCUT2D eigenvalue weighted by atomic mass is 10.1. The van der Waals surface area contributed by atoms with Gasteiger partial charge in [-0.05, 0) is 43.4 Å². The average molecular weight is 307 g/mol. The molecule has 0 unspecified atom stereocenters. The highest BCUT2D eigenvalue weighted by atomic mass is 32.1. The highest BCUT2D eigenvalue weighted by molar-refractivity contribution is 7.80. The summed E-state index contributed by atoms with van der Waals surface area (Å²) in [6, 6.07) is 6.25. The van der Waals surface area contributed by atoms with Gasteiger partial charge in [-0.1, -0.05) is 0 Å². The van der Waals surface area contributed by atoms with Gasteiger partial charge in [-0.25, -0.2) is 0 Å². The molecule has 1 fully saturated rings. The molecular weight excluding hydrogens is 290 g/mol. The second-order valence-electron chi connectivity index (χ2n) is 5.02. The molecule has 1 amide bonds.